The van der Waals surface area contributed by atoms with Gasteiger partial charge in [-0.05, 0) is 47.9 Å². The van der Waals surface area contributed by atoms with Crippen molar-refractivity contribution in [2.45, 2.75) is 6.61 Å². The van der Waals surface area contributed by atoms with Gasteiger partial charge in [-0.25, -0.2) is 0 Å². The molecule has 1 N–H and O–H groups in total. The fourth-order valence-corrected chi connectivity index (χ4v) is 3.58. The van der Waals surface area contributed by atoms with Gasteiger partial charge in [-0.3, -0.25) is 4.79 Å². The van der Waals surface area contributed by atoms with Crippen LogP contribution >= 0.6 is 23.6 Å². The predicted octanol–water partition coefficient (Wildman–Crippen LogP) is 3.50. The van der Waals surface area contributed by atoms with Gasteiger partial charge in [0.15, 0.2) is 5.11 Å². The fourth-order valence-electron chi connectivity index (χ4n) is 2.59. The molecule has 1 amide bonds. The molecule has 0 aliphatic carbocycles. The molecule has 1 aromatic heterocycles. The monoisotopic (exact) mass is 397 g/mol. The summed E-state index contributed by atoms with van der Waals surface area (Å²) in [4.78, 5) is 16.9. The van der Waals surface area contributed by atoms with Crippen molar-refractivity contribution in [2.24, 2.45) is 0 Å². The Hall–Kier alpha value is -2.26. The van der Waals surface area contributed by atoms with Crippen LogP contribution in [0, 0.1) is 0 Å². The summed E-state index contributed by atoms with van der Waals surface area (Å²) in [6, 6.07) is 9.85. The highest BCUT2D eigenvalue weighted by Gasteiger charge is 2.23. The van der Waals surface area contributed by atoms with Crippen LogP contribution in [0.1, 0.15) is 9.67 Å². The lowest BCUT2D eigenvalue weighted by Crippen LogP contribution is -2.51. The highest BCUT2D eigenvalue weighted by molar-refractivity contribution is 7.80. The van der Waals surface area contributed by atoms with Crippen molar-refractivity contribution in [1.82, 2.24) is 9.80 Å². The Labute approximate surface area is 159 Å². The van der Waals surface area contributed by atoms with Gasteiger partial charge in [0.2, 0.25) is 0 Å². The maximum atomic E-state index is 12.3. The molecule has 1 aliphatic heterocycles. The van der Waals surface area contributed by atoms with E-state index in [1.54, 1.807) is 12.1 Å². The summed E-state index contributed by atoms with van der Waals surface area (Å²) in [5, 5.41) is 5.50. The Morgan fingerprint density at radius 1 is 1.12 bits per heavy atom. The van der Waals surface area contributed by atoms with E-state index in [1.807, 2.05) is 27.3 Å². The molecular formula is C17H17F2N3O2S2. The van der Waals surface area contributed by atoms with Crippen molar-refractivity contribution in [1.29, 1.82) is 0 Å². The quantitative estimate of drug-likeness (QED) is 0.800. The normalized spacial score (nSPS) is 14.4. The lowest BCUT2D eigenvalue weighted by atomic mass is 10.3. The average Bonchev–Trinajstić information content (AvgIpc) is 3.17. The second-order valence-corrected chi connectivity index (χ2v) is 6.92. The van der Waals surface area contributed by atoms with Crippen molar-refractivity contribution in [3.63, 3.8) is 0 Å². The first-order chi connectivity index (χ1) is 12.5. The van der Waals surface area contributed by atoms with Crippen LogP contribution < -0.4 is 10.1 Å². The van der Waals surface area contributed by atoms with Crippen LogP contribution in [-0.4, -0.2) is 53.6 Å². The number of thiocarbonyl (C=S) groups is 1. The molecule has 1 aliphatic rings. The van der Waals surface area contributed by atoms with Crippen LogP contribution in [0.5, 0.6) is 5.75 Å². The number of nitrogens with zero attached hydrogens (tertiary/aromatic N) is 2. The van der Waals surface area contributed by atoms with Crippen LogP contribution in [0.2, 0.25) is 0 Å². The first-order valence-electron chi connectivity index (χ1n) is 7.96. The number of ether oxygens (including phenoxy) is 1. The van der Waals surface area contributed by atoms with E-state index in [-0.39, 0.29) is 11.7 Å². The summed E-state index contributed by atoms with van der Waals surface area (Å²) in [6.45, 7) is -0.382. The molecule has 2 aromatic rings. The van der Waals surface area contributed by atoms with Crippen molar-refractivity contribution >= 4 is 40.3 Å². The van der Waals surface area contributed by atoms with E-state index in [1.165, 1.54) is 23.5 Å². The van der Waals surface area contributed by atoms with Crippen LogP contribution in [0.3, 0.4) is 0 Å². The third kappa shape index (κ3) is 4.67. The summed E-state index contributed by atoms with van der Waals surface area (Å²) in [7, 11) is 0. The molecule has 0 radical (unpaired) electrons. The minimum Gasteiger partial charge on any atom is -0.435 e. The number of rotatable bonds is 4. The lowest BCUT2D eigenvalue weighted by molar-refractivity contribution is -0.0498. The van der Waals surface area contributed by atoms with Gasteiger partial charge in [0.25, 0.3) is 5.91 Å². The summed E-state index contributed by atoms with van der Waals surface area (Å²) < 4.78 is 28.6. The zero-order valence-corrected chi connectivity index (χ0v) is 15.4. The molecule has 0 bridgehead atoms. The van der Waals surface area contributed by atoms with Crippen molar-refractivity contribution in [3.05, 3.63) is 46.7 Å². The maximum absolute atomic E-state index is 12.3. The fraction of sp³-hybridized carbons (Fsp3) is 0.294. The maximum Gasteiger partial charge on any atom is 0.387 e. The van der Waals surface area contributed by atoms with Crippen molar-refractivity contribution in [3.8, 4) is 5.75 Å². The Bertz CT molecular complexity index is 746. The van der Waals surface area contributed by atoms with Gasteiger partial charge in [0.05, 0.1) is 4.88 Å². The Morgan fingerprint density at radius 2 is 1.77 bits per heavy atom. The molecule has 0 atom stereocenters. The van der Waals surface area contributed by atoms with E-state index in [0.29, 0.717) is 37.0 Å². The summed E-state index contributed by atoms with van der Waals surface area (Å²) in [6.07, 6.45) is 0. The third-order valence-corrected chi connectivity index (χ3v) is 5.13. The number of hydrogen-bond donors (Lipinski definition) is 1. The molecule has 9 heteroatoms. The number of carbonyl (C=O) groups is 1. The largest absolute Gasteiger partial charge is 0.435 e. The SMILES string of the molecule is O=C(c1cccs1)N1CCN(C(=S)Nc2ccc(OC(F)F)cc2)CC1. The number of halogens is 2. The van der Waals surface area contributed by atoms with Crippen LogP contribution in [0.25, 0.3) is 0 Å². The van der Waals surface area contributed by atoms with Crippen molar-refractivity contribution in [2.75, 3.05) is 31.5 Å². The Balaban J connectivity index is 1.50. The predicted molar refractivity (Wildman–Crippen MR) is 101 cm³/mol. The molecule has 0 saturated carbocycles. The second kappa shape index (κ2) is 8.41. The number of alkyl halides is 2. The van der Waals surface area contributed by atoms with Gasteiger partial charge in [-0.15, -0.1) is 11.3 Å². The van der Waals surface area contributed by atoms with Gasteiger partial charge >= 0.3 is 6.61 Å². The number of nitrogens with one attached hydrogen (secondary N) is 1. The average molecular weight is 397 g/mol. The molecule has 0 unspecified atom stereocenters. The van der Waals surface area contributed by atoms with Crippen LogP contribution in [0.15, 0.2) is 41.8 Å². The van der Waals surface area contributed by atoms with E-state index < -0.39 is 6.61 Å². The number of piperazine rings is 1. The van der Waals surface area contributed by atoms with Gasteiger partial charge < -0.3 is 19.9 Å². The summed E-state index contributed by atoms with van der Waals surface area (Å²) >= 11 is 6.84. The van der Waals surface area contributed by atoms with Gasteiger partial charge in [-0.1, -0.05) is 6.07 Å². The third-order valence-electron chi connectivity index (χ3n) is 3.92. The first-order valence-corrected chi connectivity index (χ1v) is 9.25. The topological polar surface area (TPSA) is 44.8 Å². The molecule has 1 saturated heterocycles. The second-order valence-electron chi connectivity index (χ2n) is 5.59. The smallest absolute Gasteiger partial charge is 0.387 e. The number of carbonyl (C=O) groups excluding carboxylic acids is 1. The van der Waals surface area contributed by atoms with Gasteiger partial charge in [0, 0.05) is 31.9 Å². The number of benzene rings is 1. The molecule has 5 nitrogen and oxygen atoms in total. The Morgan fingerprint density at radius 3 is 2.35 bits per heavy atom. The first kappa shape index (κ1) is 18.5. The van der Waals surface area contributed by atoms with E-state index in [9.17, 15) is 13.6 Å². The lowest BCUT2D eigenvalue weighted by Gasteiger charge is -2.36. The van der Waals surface area contributed by atoms with E-state index >= 15 is 0 Å². The molecule has 0 spiro atoms. The molecule has 2 heterocycles. The summed E-state index contributed by atoms with van der Waals surface area (Å²) in [5.74, 6) is 0.144. The minimum atomic E-state index is -2.84. The molecule has 1 aromatic carbocycles. The highest BCUT2D eigenvalue weighted by Crippen LogP contribution is 2.19. The van der Waals surface area contributed by atoms with E-state index in [0.717, 1.165) is 4.88 Å². The van der Waals surface area contributed by atoms with Gasteiger partial charge in [0.1, 0.15) is 5.75 Å². The number of hydrogen-bond acceptors (Lipinski definition) is 4. The minimum absolute atomic E-state index is 0.0492. The number of anilines is 1. The molecule has 26 heavy (non-hydrogen) atoms. The van der Waals surface area contributed by atoms with Gasteiger partial charge in [-0.2, -0.15) is 8.78 Å². The molecular weight excluding hydrogens is 380 g/mol. The van der Waals surface area contributed by atoms with Crippen LogP contribution in [-0.2, 0) is 0 Å². The zero-order chi connectivity index (χ0) is 18.5. The van der Waals surface area contributed by atoms with E-state index in [2.05, 4.69) is 10.1 Å². The zero-order valence-electron chi connectivity index (χ0n) is 13.7. The number of thiophene rings is 1. The standard InChI is InChI=1S/C17H17F2N3O2S2/c18-16(19)24-13-5-3-12(4-6-13)20-17(25)22-9-7-21(8-10-22)15(23)14-2-1-11-26-14/h1-6,11,16H,7-10H2,(H,20,25). The highest BCUT2D eigenvalue weighted by atomic mass is 32.1. The Kier molecular flexibility index (Phi) is 6.00. The summed E-state index contributed by atoms with van der Waals surface area (Å²) in [5.41, 5.74) is 0.689. The molecule has 3 rings (SSSR count). The van der Waals surface area contributed by atoms with E-state index in [4.69, 9.17) is 12.2 Å². The van der Waals surface area contributed by atoms with Crippen molar-refractivity contribution < 1.29 is 18.3 Å². The number of amides is 1. The molecule has 1 fully saturated rings. The van der Waals surface area contributed by atoms with Crippen LogP contribution in [0.4, 0.5) is 14.5 Å². The molecule has 138 valence electrons.